The number of Topliss-reactive ketones (excluding diaryl/α,β-unsaturated/α-hetero) is 1. The smallest absolute Gasteiger partial charge is 0.223 e. The molecule has 1 aliphatic heterocycles. The highest BCUT2D eigenvalue weighted by Crippen LogP contribution is 2.22. The SMILES string of the molecule is CCC(C)CC(=O)N1CCCCC1CC(C)=O. The van der Waals surface area contributed by atoms with Crippen LogP contribution in [0.4, 0.5) is 0 Å². The number of rotatable bonds is 5. The average Bonchev–Trinajstić information content (AvgIpc) is 2.28. The van der Waals surface area contributed by atoms with Gasteiger partial charge in [-0.3, -0.25) is 9.59 Å². The van der Waals surface area contributed by atoms with Gasteiger partial charge in [-0.15, -0.1) is 0 Å². The van der Waals surface area contributed by atoms with Crippen LogP contribution >= 0.6 is 0 Å². The summed E-state index contributed by atoms with van der Waals surface area (Å²) < 4.78 is 0. The van der Waals surface area contributed by atoms with Crippen LogP contribution in [0.5, 0.6) is 0 Å². The van der Waals surface area contributed by atoms with Crippen LogP contribution in [0.25, 0.3) is 0 Å². The van der Waals surface area contributed by atoms with E-state index < -0.39 is 0 Å². The quantitative estimate of drug-likeness (QED) is 0.740. The van der Waals surface area contributed by atoms with Gasteiger partial charge in [0.05, 0.1) is 0 Å². The Kier molecular flexibility index (Phi) is 5.66. The van der Waals surface area contributed by atoms with Gasteiger partial charge in [-0.25, -0.2) is 0 Å². The summed E-state index contributed by atoms with van der Waals surface area (Å²) in [5.74, 6) is 0.881. The molecule has 0 bridgehead atoms. The number of carbonyl (C=O) groups excluding carboxylic acids is 2. The van der Waals surface area contributed by atoms with Gasteiger partial charge in [-0.1, -0.05) is 20.3 Å². The minimum absolute atomic E-state index is 0.165. The topological polar surface area (TPSA) is 37.4 Å². The molecule has 1 aliphatic rings. The molecule has 17 heavy (non-hydrogen) atoms. The standard InChI is InChI=1S/C14H25NO2/c1-4-11(2)9-14(17)15-8-6-5-7-13(15)10-12(3)16/h11,13H,4-10H2,1-3H3. The Labute approximate surface area is 105 Å². The molecule has 0 aromatic rings. The summed E-state index contributed by atoms with van der Waals surface area (Å²) in [4.78, 5) is 25.3. The lowest BCUT2D eigenvalue weighted by Gasteiger charge is -2.36. The van der Waals surface area contributed by atoms with E-state index in [0.29, 0.717) is 18.8 Å². The van der Waals surface area contributed by atoms with E-state index in [4.69, 9.17) is 0 Å². The summed E-state index contributed by atoms with van der Waals surface area (Å²) in [6.45, 7) is 6.68. The van der Waals surface area contributed by atoms with Crippen molar-refractivity contribution in [3.8, 4) is 0 Å². The Hall–Kier alpha value is -0.860. The first kappa shape index (κ1) is 14.2. The third-order valence-corrected chi connectivity index (χ3v) is 3.69. The minimum Gasteiger partial charge on any atom is -0.339 e. The molecule has 98 valence electrons. The van der Waals surface area contributed by atoms with Gasteiger partial charge >= 0.3 is 0 Å². The van der Waals surface area contributed by atoms with Crippen LogP contribution in [0.15, 0.2) is 0 Å². The third kappa shape index (κ3) is 4.49. The number of hydrogen-bond acceptors (Lipinski definition) is 2. The summed E-state index contributed by atoms with van der Waals surface area (Å²) in [5, 5.41) is 0. The predicted molar refractivity (Wildman–Crippen MR) is 68.7 cm³/mol. The number of amides is 1. The highest BCUT2D eigenvalue weighted by molar-refractivity contribution is 5.79. The molecular weight excluding hydrogens is 214 g/mol. The van der Waals surface area contributed by atoms with Gasteiger partial charge in [-0.2, -0.15) is 0 Å². The third-order valence-electron chi connectivity index (χ3n) is 3.69. The maximum Gasteiger partial charge on any atom is 0.223 e. The number of hydrogen-bond donors (Lipinski definition) is 0. The van der Waals surface area contributed by atoms with Crippen molar-refractivity contribution in [3.63, 3.8) is 0 Å². The van der Waals surface area contributed by atoms with Crippen molar-refractivity contribution < 1.29 is 9.59 Å². The zero-order chi connectivity index (χ0) is 12.8. The number of carbonyl (C=O) groups is 2. The van der Waals surface area contributed by atoms with E-state index >= 15 is 0 Å². The first-order valence-electron chi connectivity index (χ1n) is 6.83. The molecule has 0 spiro atoms. The number of piperidine rings is 1. The Morgan fingerprint density at radius 2 is 2.06 bits per heavy atom. The van der Waals surface area contributed by atoms with Gasteiger partial charge in [0.1, 0.15) is 5.78 Å². The second kappa shape index (κ2) is 6.77. The lowest BCUT2D eigenvalue weighted by atomic mass is 9.96. The van der Waals surface area contributed by atoms with Gasteiger partial charge in [0.25, 0.3) is 0 Å². The molecule has 3 nitrogen and oxygen atoms in total. The molecule has 0 radical (unpaired) electrons. The second-order valence-electron chi connectivity index (χ2n) is 5.36. The van der Waals surface area contributed by atoms with E-state index in [-0.39, 0.29) is 17.7 Å². The van der Waals surface area contributed by atoms with Crippen molar-refractivity contribution in [1.82, 2.24) is 4.90 Å². The molecular formula is C14H25NO2. The zero-order valence-electron chi connectivity index (χ0n) is 11.4. The molecule has 1 saturated heterocycles. The zero-order valence-corrected chi connectivity index (χ0v) is 11.4. The fourth-order valence-corrected chi connectivity index (χ4v) is 2.43. The first-order chi connectivity index (χ1) is 8.04. The van der Waals surface area contributed by atoms with E-state index in [1.165, 1.54) is 0 Å². The summed E-state index contributed by atoms with van der Waals surface area (Å²) >= 11 is 0. The van der Waals surface area contributed by atoms with Crippen molar-refractivity contribution in [2.45, 2.75) is 65.3 Å². The van der Waals surface area contributed by atoms with Gasteiger partial charge in [0.2, 0.25) is 5.91 Å². The van der Waals surface area contributed by atoms with Crippen molar-refractivity contribution in [2.75, 3.05) is 6.54 Å². The second-order valence-corrected chi connectivity index (χ2v) is 5.36. The first-order valence-corrected chi connectivity index (χ1v) is 6.83. The summed E-state index contributed by atoms with van der Waals surface area (Å²) in [5.41, 5.74) is 0. The van der Waals surface area contributed by atoms with Crippen LogP contribution in [0.3, 0.4) is 0 Å². The highest BCUT2D eigenvalue weighted by Gasteiger charge is 2.27. The van der Waals surface area contributed by atoms with Crippen LogP contribution in [0, 0.1) is 5.92 Å². The van der Waals surface area contributed by atoms with Crippen molar-refractivity contribution in [2.24, 2.45) is 5.92 Å². The molecule has 0 N–H and O–H groups in total. The number of nitrogens with zero attached hydrogens (tertiary/aromatic N) is 1. The maximum absolute atomic E-state index is 12.2. The maximum atomic E-state index is 12.2. The Morgan fingerprint density at radius 3 is 2.65 bits per heavy atom. The number of ketones is 1. The Morgan fingerprint density at radius 1 is 1.35 bits per heavy atom. The fraction of sp³-hybridized carbons (Fsp3) is 0.857. The summed E-state index contributed by atoms with van der Waals surface area (Å²) in [7, 11) is 0. The molecule has 1 amide bonds. The van der Waals surface area contributed by atoms with Crippen LogP contribution in [-0.4, -0.2) is 29.2 Å². The molecule has 2 unspecified atom stereocenters. The van der Waals surface area contributed by atoms with Crippen molar-refractivity contribution in [3.05, 3.63) is 0 Å². The van der Waals surface area contributed by atoms with E-state index in [0.717, 1.165) is 32.2 Å². The van der Waals surface area contributed by atoms with E-state index in [2.05, 4.69) is 13.8 Å². The van der Waals surface area contributed by atoms with Crippen molar-refractivity contribution >= 4 is 11.7 Å². The van der Waals surface area contributed by atoms with Gasteiger partial charge in [-0.05, 0) is 32.1 Å². The molecule has 2 atom stereocenters. The van der Waals surface area contributed by atoms with Crippen molar-refractivity contribution in [1.29, 1.82) is 0 Å². The molecule has 1 fully saturated rings. The largest absolute Gasteiger partial charge is 0.339 e. The van der Waals surface area contributed by atoms with Crippen LogP contribution in [0.1, 0.15) is 59.3 Å². The van der Waals surface area contributed by atoms with E-state index in [1.807, 2.05) is 4.90 Å². The summed E-state index contributed by atoms with van der Waals surface area (Å²) in [6.07, 6.45) is 5.42. The molecule has 1 heterocycles. The molecule has 3 heteroatoms. The molecule has 0 saturated carbocycles. The minimum atomic E-state index is 0.165. The van der Waals surface area contributed by atoms with Gasteiger partial charge < -0.3 is 4.90 Å². The Balaban J connectivity index is 2.57. The molecule has 0 aromatic heterocycles. The van der Waals surface area contributed by atoms with Gasteiger partial charge in [0.15, 0.2) is 0 Å². The van der Waals surface area contributed by atoms with Gasteiger partial charge in [0, 0.05) is 25.4 Å². The fourth-order valence-electron chi connectivity index (χ4n) is 2.43. The molecule has 0 aliphatic carbocycles. The van der Waals surface area contributed by atoms with E-state index in [1.54, 1.807) is 6.92 Å². The van der Waals surface area contributed by atoms with Crippen LogP contribution < -0.4 is 0 Å². The lowest BCUT2D eigenvalue weighted by molar-refractivity contribution is -0.136. The molecule has 1 rings (SSSR count). The Bertz CT molecular complexity index is 275. The van der Waals surface area contributed by atoms with Crippen LogP contribution in [0.2, 0.25) is 0 Å². The number of likely N-dealkylation sites (tertiary alicyclic amines) is 1. The van der Waals surface area contributed by atoms with E-state index in [9.17, 15) is 9.59 Å². The molecule has 0 aromatic carbocycles. The van der Waals surface area contributed by atoms with Crippen LogP contribution in [-0.2, 0) is 9.59 Å². The monoisotopic (exact) mass is 239 g/mol. The summed E-state index contributed by atoms with van der Waals surface area (Å²) in [6, 6.07) is 0.165. The normalized spacial score (nSPS) is 22.3. The average molecular weight is 239 g/mol. The predicted octanol–water partition coefficient (Wildman–Crippen LogP) is 2.78. The lowest BCUT2D eigenvalue weighted by Crippen LogP contribution is -2.45. The highest BCUT2D eigenvalue weighted by atomic mass is 16.2.